The number of rotatable bonds is 25. The molecule has 1 aromatic rings. The standard InChI is InChI=1S/C31H53N3O4/c1-2-3-4-5-6-7-8-9-10-11-12-13-14-15-16-20-25-34(27-21-18-17-19-22-27)26-30(36)33-28(31(37)38)23-24-29(32)35/h17-19,21-22,28H,2-16,20,23-26H2,1H3,(H2,32,35)(H,33,36)(H,37,38)/t28-/m1/s1. The fourth-order valence-corrected chi connectivity index (χ4v) is 4.75. The van der Waals surface area contributed by atoms with Gasteiger partial charge in [0.2, 0.25) is 11.8 Å². The highest BCUT2D eigenvalue weighted by Gasteiger charge is 2.22. The molecule has 0 unspecified atom stereocenters. The zero-order valence-corrected chi connectivity index (χ0v) is 23.8. The minimum absolute atomic E-state index is 0.0130. The van der Waals surface area contributed by atoms with E-state index < -0.39 is 17.9 Å². The zero-order valence-electron chi connectivity index (χ0n) is 23.8. The lowest BCUT2D eigenvalue weighted by Gasteiger charge is -2.25. The van der Waals surface area contributed by atoms with Crippen molar-refractivity contribution in [3.05, 3.63) is 30.3 Å². The van der Waals surface area contributed by atoms with Crippen molar-refractivity contribution in [2.24, 2.45) is 5.73 Å². The summed E-state index contributed by atoms with van der Waals surface area (Å²) < 4.78 is 0. The van der Waals surface area contributed by atoms with Crippen molar-refractivity contribution < 1.29 is 19.5 Å². The third kappa shape index (κ3) is 17.8. The van der Waals surface area contributed by atoms with E-state index in [1.165, 1.54) is 89.9 Å². The van der Waals surface area contributed by atoms with E-state index >= 15 is 0 Å². The van der Waals surface area contributed by atoms with E-state index in [-0.39, 0.29) is 25.3 Å². The largest absolute Gasteiger partial charge is 0.480 e. The fraction of sp³-hybridized carbons (Fsp3) is 0.710. The number of hydrogen-bond donors (Lipinski definition) is 3. The van der Waals surface area contributed by atoms with Crippen LogP contribution in [0.4, 0.5) is 5.69 Å². The Hall–Kier alpha value is -2.57. The molecule has 7 nitrogen and oxygen atoms in total. The van der Waals surface area contributed by atoms with Crippen molar-refractivity contribution in [1.29, 1.82) is 0 Å². The van der Waals surface area contributed by atoms with Gasteiger partial charge in [-0.1, -0.05) is 121 Å². The molecule has 216 valence electrons. The molecule has 0 bridgehead atoms. The van der Waals surface area contributed by atoms with Crippen molar-refractivity contribution in [2.75, 3.05) is 18.0 Å². The summed E-state index contributed by atoms with van der Waals surface area (Å²) in [4.78, 5) is 37.1. The van der Waals surface area contributed by atoms with Crippen LogP contribution in [0, 0.1) is 0 Å². The molecular weight excluding hydrogens is 478 g/mol. The van der Waals surface area contributed by atoms with Crippen LogP contribution in [0.3, 0.4) is 0 Å². The van der Waals surface area contributed by atoms with E-state index in [2.05, 4.69) is 12.2 Å². The summed E-state index contributed by atoms with van der Waals surface area (Å²) in [6.45, 7) is 3.07. The summed E-state index contributed by atoms with van der Waals surface area (Å²) in [7, 11) is 0. The Kier molecular flexibility index (Phi) is 19.7. The smallest absolute Gasteiger partial charge is 0.326 e. The Morgan fingerprint density at radius 3 is 1.71 bits per heavy atom. The molecule has 0 aliphatic rings. The van der Waals surface area contributed by atoms with Crippen LogP contribution in [0.15, 0.2) is 30.3 Å². The van der Waals surface area contributed by atoms with Gasteiger partial charge in [0.25, 0.3) is 0 Å². The van der Waals surface area contributed by atoms with Crippen LogP contribution >= 0.6 is 0 Å². The number of unbranched alkanes of at least 4 members (excludes halogenated alkanes) is 15. The maximum atomic E-state index is 12.6. The number of anilines is 1. The second kappa shape index (κ2) is 22.4. The molecule has 4 N–H and O–H groups in total. The van der Waals surface area contributed by atoms with Gasteiger partial charge >= 0.3 is 5.97 Å². The first kappa shape index (κ1) is 33.5. The number of aliphatic carboxylic acids is 1. The third-order valence-corrected chi connectivity index (χ3v) is 7.05. The summed E-state index contributed by atoms with van der Waals surface area (Å²) in [6.07, 6.45) is 20.9. The highest BCUT2D eigenvalue weighted by molar-refractivity contribution is 5.87. The van der Waals surface area contributed by atoms with E-state index in [0.717, 1.165) is 25.1 Å². The monoisotopic (exact) mass is 531 g/mol. The maximum Gasteiger partial charge on any atom is 0.326 e. The fourth-order valence-electron chi connectivity index (χ4n) is 4.75. The van der Waals surface area contributed by atoms with Crippen LogP contribution < -0.4 is 16.0 Å². The Balaban J connectivity index is 2.23. The Morgan fingerprint density at radius 1 is 0.789 bits per heavy atom. The molecular formula is C31H53N3O4. The first-order chi connectivity index (χ1) is 18.4. The van der Waals surface area contributed by atoms with Gasteiger partial charge in [0.15, 0.2) is 0 Å². The maximum absolute atomic E-state index is 12.6. The van der Waals surface area contributed by atoms with Crippen LogP contribution in [-0.2, 0) is 14.4 Å². The number of nitrogens with zero attached hydrogens (tertiary/aromatic N) is 1. The van der Waals surface area contributed by atoms with E-state index in [1.54, 1.807) is 0 Å². The second-order valence-electron chi connectivity index (χ2n) is 10.5. The Labute approximate surface area is 230 Å². The van der Waals surface area contributed by atoms with Gasteiger partial charge in [0.1, 0.15) is 6.04 Å². The summed E-state index contributed by atoms with van der Waals surface area (Å²) in [6, 6.07) is 8.59. The number of nitrogens with one attached hydrogen (secondary N) is 1. The van der Waals surface area contributed by atoms with Crippen LogP contribution in [0.1, 0.15) is 122 Å². The molecule has 2 amide bonds. The van der Waals surface area contributed by atoms with Gasteiger partial charge in [-0.3, -0.25) is 9.59 Å². The van der Waals surface area contributed by atoms with E-state index in [9.17, 15) is 19.5 Å². The molecule has 1 aromatic carbocycles. The number of carbonyl (C=O) groups excluding carboxylic acids is 2. The van der Waals surface area contributed by atoms with Gasteiger partial charge < -0.3 is 21.1 Å². The summed E-state index contributed by atoms with van der Waals surface area (Å²) in [5.41, 5.74) is 6.06. The number of nitrogens with two attached hydrogens (primary N) is 1. The number of carboxylic acid groups (broad SMARTS) is 1. The average molecular weight is 532 g/mol. The number of carboxylic acids is 1. The van der Waals surface area contributed by atoms with Gasteiger partial charge in [-0.2, -0.15) is 0 Å². The zero-order chi connectivity index (χ0) is 27.8. The van der Waals surface area contributed by atoms with Gasteiger partial charge in [0, 0.05) is 18.7 Å². The molecule has 38 heavy (non-hydrogen) atoms. The molecule has 0 aromatic heterocycles. The summed E-state index contributed by atoms with van der Waals surface area (Å²) in [5.74, 6) is -2.12. The Bertz CT molecular complexity index is 757. The van der Waals surface area contributed by atoms with Crippen LogP contribution in [0.2, 0.25) is 0 Å². The molecule has 0 aliphatic heterocycles. The first-order valence-corrected chi connectivity index (χ1v) is 15.0. The predicted molar refractivity (Wildman–Crippen MR) is 156 cm³/mol. The molecule has 0 saturated heterocycles. The normalized spacial score (nSPS) is 11.7. The van der Waals surface area contributed by atoms with Crippen LogP contribution in [0.25, 0.3) is 0 Å². The lowest BCUT2D eigenvalue weighted by molar-refractivity contribution is -0.142. The molecule has 0 spiro atoms. The number of amides is 2. The van der Waals surface area contributed by atoms with Crippen molar-refractivity contribution in [3.63, 3.8) is 0 Å². The van der Waals surface area contributed by atoms with Crippen LogP contribution in [0.5, 0.6) is 0 Å². The van der Waals surface area contributed by atoms with Gasteiger partial charge in [-0.05, 0) is 25.0 Å². The number of hydrogen-bond acceptors (Lipinski definition) is 4. The molecule has 1 atom stereocenters. The molecule has 0 heterocycles. The van der Waals surface area contributed by atoms with E-state index in [0.29, 0.717) is 0 Å². The second-order valence-corrected chi connectivity index (χ2v) is 10.5. The SMILES string of the molecule is CCCCCCCCCCCCCCCCCCN(CC(=O)N[C@H](CCC(N)=O)C(=O)O)c1ccccc1. The highest BCUT2D eigenvalue weighted by atomic mass is 16.4. The number of para-hydroxylation sites is 1. The van der Waals surface area contributed by atoms with Gasteiger partial charge in [-0.25, -0.2) is 4.79 Å². The van der Waals surface area contributed by atoms with Gasteiger partial charge in [-0.15, -0.1) is 0 Å². The van der Waals surface area contributed by atoms with Crippen molar-refractivity contribution >= 4 is 23.5 Å². The van der Waals surface area contributed by atoms with E-state index in [4.69, 9.17) is 5.73 Å². The summed E-state index contributed by atoms with van der Waals surface area (Å²) in [5, 5.41) is 11.9. The summed E-state index contributed by atoms with van der Waals surface area (Å²) >= 11 is 0. The third-order valence-electron chi connectivity index (χ3n) is 7.05. The van der Waals surface area contributed by atoms with Crippen molar-refractivity contribution in [1.82, 2.24) is 5.32 Å². The quantitative estimate of drug-likeness (QED) is 0.123. The molecule has 1 rings (SSSR count). The number of carbonyl (C=O) groups is 3. The molecule has 0 aliphatic carbocycles. The highest BCUT2D eigenvalue weighted by Crippen LogP contribution is 2.16. The molecule has 0 saturated carbocycles. The first-order valence-electron chi connectivity index (χ1n) is 15.0. The number of primary amides is 1. The Morgan fingerprint density at radius 2 is 1.26 bits per heavy atom. The predicted octanol–water partition coefficient (Wildman–Crippen LogP) is 6.59. The minimum atomic E-state index is -1.16. The topological polar surface area (TPSA) is 113 Å². The lowest BCUT2D eigenvalue weighted by Crippen LogP contribution is -2.46. The molecule has 0 fully saturated rings. The average Bonchev–Trinajstić information content (AvgIpc) is 2.90. The molecule has 0 radical (unpaired) electrons. The minimum Gasteiger partial charge on any atom is -0.480 e. The van der Waals surface area contributed by atoms with Crippen molar-refractivity contribution in [3.8, 4) is 0 Å². The lowest BCUT2D eigenvalue weighted by atomic mass is 10.0. The van der Waals surface area contributed by atoms with Gasteiger partial charge in [0.05, 0.1) is 6.54 Å². The van der Waals surface area contributed by atoms with Crippen LogP contribution in [-0.4, -0.2) is 42.0 Å². The molecule has 7 heteroatoms. The number of benzene rings is 1. The van der Waals surface area contributed by atoms with Crippen molar-refractivity contribution in [2.45, 2.75) is 129 Å². The van der Waals surface area contributed by atoms with E-state index in [1.807, 2.05) is 35.2 Å².